The molecule has 0 radical (unpaired) electrons. The molecule has 0 aliphatic carbocycles. The standard InChI is InChI=1S/C25H24ClN5O2S/c1-16-7-9-20(10-8-16)29-25-27-17(2)15-24(30-25)28-19-11-13-21(14-12-19)31-34(32,33)23-6-4-5-22(26)18(23)3/h4-15,31H,1-3H3,(H2,27,28,29,30). The third kappa shape index (κ3) is 5.65. The maximum atomic E-state index is 12.8. The van der Waals surface area contributed by atoms with Gasteiger partial charge in [-0.25, -0.2) is 13.4 Å². The Hall–Kier alpha value is -3.62. The first-order chi connectivity index (χ1) is 16.2. The molecule has 0 aliphatic heterocycles. The Balaban J connectivity index is 1.48. The van der Waals surface area contributed by atoms with Gasteiger partial charge in [0.1, 0.15) is 5.82 Å². The van der Waals surface area contributed by atoms with E-state index in [0.717, 1.165) is 17.1 Å². The molecule has 3 aromatic carbocycles. The summed E-state index contributed by atoms with van der Waals surface area (Å²) in [4.78, 5) is 9.12. The molecule has 1 heterocycles. The van der Waals surface area contributed by atoms with Gasteiger partial charge in [-0.05, 0) is 74.9 Å². The number of hydrogen-bond acceptors (Lipinski definition) is 6. The highest BCUT2D eigenvalue weighted by Crippen LogP contribution is 2.26. The van der Waals surface area contributed by atoms with Crippen LogP contribution < -0.4 is 15.4 Å². The van der Waals surface area contributed by atoms with Crippen LogP contribution in [-0.4, -0.2) is 18.4 Å². The summed E-state index contributed by atoms with van der Waals surface area (Å²) >= 11 is 6.08. The monoisotopic (exact) mass is 493 g/mol. The Morgan fingerprint density at radius 1 is 0.765 bits per heavy atom. The minimum Gasteiger partial charge on any atom is -0.340 e. The molecule has 34 heavy (non-hydrogen) atoms. The smallest absolute Gasteiger partial charge is 0.262 e. The summed E-state index contributed by atoms with van der Waals surface area (Å²) in [5, 5.41) is 6.84. The fraction of sp³-hybridized carbons (Fsp3) is 0.120. The molecule has 3 N–H and O–H groups in total. The van der Waals surface area contributed by atoms with E-state index in [1.54, 1.807) is 43.3 Å². The lowest BCUT2D eigenvalue weighted by atomic mass is 10.2. The second kappa shape index (κ2) is 9.70. The van der Waals surface area contributed by atoms with E-state index in [4.69, 9.17) is 11.6 Å². The van der Waals surface area contributed by atoms with Crippen LogP contribution >= 0.6 is 11.6 Å². The highest BCUT2D eigenvalue weighted by atomic mass is 35.5. The van der Waals surface area contributed by atoms with Crippen molar-refractivity contribution in [2.24, 2.45) is 0 Å². The van der Waals surface area contributed by atoms with Crippen LogP contribution in [0.25, 0.3) is 0 Å². The predicted octanol–water partition coefficient (Wildman–Crippen LogP) is 6.34. The molecule has 0 aliphatic rings. The van der Waals surface area contributed by atoms with Crippen LogP contribution in [0.4, 0.5) is 28.8 Å². The summed E-state index contributed by atoms with van der Waals surface area (Å²) in [6, 6.07) is 21.5. The quantitative estimate of drug-likeness (QED) is 0.278. The van der Waals surface area contributed by atoms with Crippen LogP contribution in [0.2, 0.25) is 5.02 Å². The number of anilines is 5. The molecule has 4 aromatic rings. The largest absolute Gasteiger partial charge is 0.340 e. The van der Waals surface area contributed by atoms with Crippen molar-refractivity contribution in [1.29, 1.82) is 0 Å². The highest BCUT2D eigenvalue weighted by molar-refractivity contribution is 7.92. The summed E-state index contributed by atoms with van der Waals surface area (Å²) in [6.07, 6.45) is 0. The topological polar surface area (TPSA) is 96.0 Å². The Bertz CT molecular complexity index is 1420. The highest BCUT2D eigenvalue weighted by Gasteiger charge is 2.18. The van der Waals surface area contributed by atoms with E-state index in [2.05, 4.69) is 25.3 Å². The second-order valence-corrected chi connectivity index (χ2v) is 9.94. The number of halogens is 1. The van der Waals surface area contributed by atoms with E-state index in [1.165, 1.54) is 11.6 Å². The maximum absolute atomic E-state index is 12.8. The molecule has 174 valence electrons. The second-order valence-electron chi connectivity index (χ2n) is 7.88. The van der Waals surface area contributed by atoms with Gasteiger partial charge in [-0.3, -0.25) is 4.72 Å². The van der Waals surface area contributed by atoms with Gasteiger partial charge in [-0.1, -0.05) is 35.4 Å². The normalized spacial score (nSPS) is 11.2. The van der Waals surface area contributed by atoms with Gasteiger partial charge in [-0.2, -0.15) is 4.98 Å². The van der Waals surface area contributed by atoms with Gasteiger partial charge in [0.15, 0.2) is 0 Å². The zero-order chi connectivity index (χ0) is 24.3. The molecule has 0 spiro atoms. The Labute approximate surface area is 204 Å². The van der Waals surface area contributed by atoms with Gasteiger partial charge in [0, 0.05) is 33.8 Å². The third-order valence-corrected chi connectivity index (χ3v) is 7.01. The molecule has 1 aromatic heterocycles. The zero-order valence-corrected chi connectivity index (χ0v) is 20.5. The molecule has 0 atom stereocenters. The average Bonchev–Trinajstić information content (AvgIpc) is 2.78. The van der Waals surface area contributed by atoms with E-state index in [0.29, 0.717) is 28.0 Å². The van der Waals surface area contributed by atoms with Crippen molar-refractivity contribution >= 4 is 50.5 Å². The molecule has 0 bridgehead atoms. The van der Waals surface area contributed by atoms with Gasteiger partial charge in [0.05, 0.1) is 4.90 Å². The number of rotatable bonds is 7. The lowest BCUT2D eigenvalue weighted by Crippen LogP contribution is -2.14. The van der Waals surface area contributed by atoms with E-state index < -0.39 is 10.0 Å². The Morgan fingerprint density at radius 3 is 2.09 bits per heavy atom. The number of nitrogens with one attached hydrogen (secondary N) is 3. The molecule has 0 fully saturated rings. The molecule has 0 saturated heterocycles. The molecule has 0 amide bonds. The van der Waals surface area contributed by atoms with E-state index in [9.17, 15) is 8.42 Å². The van der Waals surface area contributed by atoms with Crippen molar-refractivity contribution in [2.75, 3.05) is 15.4 Å². The summed E-state index contributed by atoms with van der Waals surface area (Å²) in [5.74, 6) is 1.10. The van der Waals surface area contributed by atoms with Crippen LogP contribution in [0.1, 0.15) is 16.8 Å². The van der Waals surface area contributed by atoms with Crippen molar-refractivity contribution in [3.63, 3.8) is 0 Å². The van der Waals surface area contributed by atoms with E-state index in [-0.39, 0.29) is 4.90 Å². The first-order valence-corrected chi connectivity index (χ1v) is 12.4. The van der Waals surface area contributed by atoms with Crippen LogP contribution in [-0.2, 0) is 10.0 Å². The Morgan fingerprint density at radius 2 is 1.38 bits per heavy atom. The van der Waals surface area contributed by atoms with Crippen molar-refractivity contribution < 1.29 is 8.42 Å². The molecule has 0 saturated carbocycles. The van der Waals surface area contributed by atoms with Gasteiger partial charge < -0.3 is 10.6 Å². The van der Waals surface area contributed by atoms with Gasteiger partial charge in [0.2, 0.25) is 5.95 Å². The molecular formula is C25H24ClN5O2S. The molecular weight excluding hydrogens is 470 g/mol. The minimum atomic E-state index is -3.77. The van der Waals surface area contributed by atoms with Gasteiger partial charge in [-0.15, -0.1) is 0 Å². The van der Waals surface area contributed by atoms with E-state index in [1.807, 2.05) is 44.2 Å². The summed E-state index contributed by atoms with van der Waals surface area (Å²) in [7, 11) is -3.77. The first-order valence-electron chi connectivity index (χ1n) is 10.5. The van der Waals surface area contributed by atoms with Gasteiger partial charge in [0.25, 0.3) is 10.0 Å². The van der Waals surface area contributed by atoms with Crippen molar-refractivity contribution in [3.8, 4) is 0 Å². The van der Waals surface area contributed by atoms with Crippen LogP contribution in [0.3, 0.4) is 0 Å². The van der Waals surface area contributed by atoms with Crippen molar-refractivity contribution in [2.45, 2.75) is 25.7 Å². The SMILES string of the molecule is Cc1ccc(Nc2nc(C)cc(Nc3ccc(NS(=O)(=O)c4cccc(Cl)c4C)cc3)n2)cc1. The maximum Gasteiger partial charge on any atom is 0.262 e. The first kappa shape index (κ1) is 23.5. The zero-order valence-electron chi connectivity index (χ0n) is 18.9. The number of sulfonamides is 1. The molecule has 9 heteroatoms. The molecule has 0 unspecified atom stereocenters. The summed E-state index contributed by atoms with van der Waals surface area (Å²) in [6.45, 7) is 5.60. The van der Waals surface area contributed by atoms with E-state index >= 15 is 0 Å². The lowest BCUT2D eigenvalue weighted by Gasteiger charge is -2.13. The van der Waals surface area contributed by atoms with Crippen LogP contribution in [0.15, 0.2) is 77.7 Å². The number of hydrogen-bond donors (Lipinski definition) is 3. The van der Waals surface area contributed by atoms with Crippen molar-refractivity contribution in [3.05, 3.63) is 94.6 Å². The molecule has 7 nitrogen and oxygen atoms in total. The van der Waals surface area contributed by atoms with Gasteiger partial charge >= 0.3 is 0 Å². The number of aromatic nitrogens is 2. The predicted molar refractivity (Wildman–Crippen MR) is 138 cm³/mol. The summed E-state index contributed by atoms with van der Waals surface area (Å²) < 4.78 is 28.2. The number of nitrogens with zero attached hydrogens (tertiary/aromatic N) is 2. The average molecular weight is 494 g/mol. The van der Waals surface area contributed by atoms with Crippen LogP contribution in [0.5, 0.6) is 0 Å². The number of benzene rings is 3. The fourth-order valence-electron chi connectivity index (χ4n) is 3.31. The Kier molecular flexibility index (Phi) is 6.72. The minimum absolute atomic E-state index is 0.146. The summed E-state index contributed by atoms with van der Waals surface area (Å²) in [5.41, 5.74) is 4.56. The third-order valence-electron chi connectivity index (χ3n) is 5.08. The van der Waals surface area contributed by atoms with Crippen molar-refractivity contribution in [1.82, 2.24) is 9.97 Å². The molecule has 4 rings (SSSR count). The fourth-order valence-corrected chi connectivity index (χ4v) is 4.87. The lowest BCUT2D eigenvalue weighted by molar-refractivity contribution is 0.600. The number of aryl methyl sites for hydroxylation is 2. The van der Waals surface area contributed by atoms with Crippen LogP contribution in [0, 0.1) is 20.8 Å².